The molecule has 3 rings (SSSR count). The third-order valence-electron chi connectivity index (χ3n) is 6.27. The van der Waals surface area contributed by atoms with Crippen molar-refractivity contribution in [2.75, 3.05) is 0 Å². The molecule has 4 atom stereocenters. The lowest BCUT2D eigenvalue weighted by atomic mass is 9.85. The average Bonchev–Trinajstić information content (AvgIpc) is 2.65. The highest BCUT2D eigenvalue weighted by atomic mass is 16.2. The highest BCUT2D eigenvalue weighted by Gasteiger charge is 2.24. The van der Waals surface area contributed by atoms with Gasteiger partial charge in [-0.15, -0.1) is 0 Å². The van der Waals surface area contributed by atoms with E-state index < -0.39 is 0 Å². The zero-order valence-corrected chi connectivity index (χ0v) is 16.1. The number of benzene rings is 1. The third kappa shape index (κ3) is 4.66. The van der Waals surface area contributed by atoms with Crippen LogP contribution < -0.4 is 10.6 Å². The molecule has 0 aliphatic heterocycles. The van der Waals surface area contributed by atoms with E-state index in [0.29, 0.717) is 23.0 Å². The maximum absolute atomic E-state index is 12.5. The number of hydrogen-bond acceptors (Lipinski definition) is 2. The Hall–Kier alpha value is -1.84. The Labute approximate surface area is 157 Å². The van der Waals surface area contributed by atoms with Gasteiger partial charge < -0.3 is 10.6 Å². The number of nitrogens with one attached hydrogen (secondary N) is 2. The van der Waals surface area contributed by atoms with Gasteiger partial charge in [0.05, 0.1) is 0 Å². The van der Waals surface area contributed by atoms with Crippen LogP contribution in [0.4, 0.5) is 0 Å². The minimum absolute atomic E-state index is 0.0309. The van der Waals surface area contributed by atoms with E-state index in [1.807, 2.05) is 0 Å². The predicted molar refractivity (Wildman–Crippen MR) is 104 cm³/mol. The van der Waals surface area contributed by atoms with E-state index >= 15 is 0 Å². The fourth-order valence-corrected chi connectivity index (χ4v) is 4.34. The van der Waals surface area contributed by atoms with Crippen LogP contribution >= 0.6 is 0 Å². The van der Waals surface area contributed by atoms with Crippen molar-refractivity contribution < 1.29 is 9.59 Å². The lowest BCUT2D eigenvalue weighted by molar-refractivity contribution is 0.0898. The summed E-state index contributed by atoms with van der Waals surface area (Å²) >= 11 is 0. The Morgan fingerprint density at radius 1 is 0.692 bits per heavy atom. The summed E-state index contributed by atoms with van der Waals surface area (Å²) in [6.45, 7) is 4.42. The van der Waals surface area contributed by atoms with Crippen LogP contribution in [-0.4, -0.2) is 23.9 Å². The molecule has 0 saturated heterocycles. The van der Waals surface area contributed by atoms with Crippen molar-refractivity contribution in [3.05, 3.63) is 35.4 Å². The Bertz CT molecular complexity index is 571. The summed E-state index contributed by atoms with van der Waals surface area (Å²) in [5.41, 5.74) is 1.26. The van der Waals surface area contributed by atoms with Gasteiger partial charge in [0.2, 0.25) is 0 Å². The molecule has 2 N–H and O–H groups in total. The average molecular weight is 357 g/mol. The summed E-state index contributed by atoms with van der Waals surface area (Å²) in [6, 6.07) is 7.60. The molecular weight excluding hydrogens is 324 g/mol. The summed E-state index contributed by atoms with van der Waals surface area (Å²) in [5.74, 6) is 1.01. The first kappa shape index (κ1) is 18.9. The number of rotatable bonds is 4. The molecule has 0 bridgehead atoms. The third-order valence-corrected chi connectivity index (χ3v) is 6.27. The second kappa shape index (κ2) is 8.70. The van der Waals surface area contributed by atoms with Gasteiger partial charge in [0, 0.05) is 23.2 Å². The van der Waals surface area contributed by atoms with E-state index in [4.69, 9.17) is 0 Å². The smallest absolute Gasteiger partial charge is 0.251 e. The van der Waals surface area contributed by atoms with E-state index in [-0.39, 0.29) is 23.9 Å². The van der Waals surface area contributed by atoms with Gasteiger partial charge in [0.25, 0.3) is 11.8 Å². The summed E-state index contributed by atoms with van der Waals surface area (Å²) in [4.78, 5) is 25.0. The van der Waals surface area contributed by atoms with E-state index in [1.54, 1.807) is 24.3 Å². The minimum Gasteiger partial charge on any atom is -0.349 e. The van der Waals surface area contributed by atoms with Gasteiger partial charge >= 0.3 is 0 Å². The van der Waals surface area contributed by atoms with E-state index in [9.17, 15) is 9.59 Å². The van der Waals surface area contributed by atoms with Gasteiger partial charge in [-0.1, -0.05) is 39.5 Å². The SMILES string of the molecule is C[C@@H]1CCCC[C@@H]1NC(=O)c1ccc(C(=O)N[C@H]2CCCC[C@H]2C)cc1. The van der Waals surface area contributed by atoms with Crippen molar-refractivity contribution in [1.82, 2.24) is 10.6 Å². The van der Waals surface area contributed by atoms with Crippen molar-refractivity contribution in [3.63, 3.8) is 0 Å². The van der Waals surface area contributed by atoms with Crippen molar-refractivity contribution >= 4 is 11.8 Å². The van der Waals surface area contributed by atoms with Gasteiger partial charge in [0.15, 0.2) is 0 Å². The monoisotopic (exact) mass is 356 g/mol. The Balaban J connectivity index is 1.57. The molecule has 1 aromatic carbocycles. The molecular formula is C22H32N2O2. The molecule has 2 aliphatic rings. The normalized spacial score (nSPS) is 29.0. The van der Waals surface area contributed by atoms with Crippen molar-refractivity contribution in [3.8, 4) is 0 Å². The molecule has 2 fully saturated rings. The molecule has 4 heteroatoms. The Kier molecular flexibility index (Phi) is 6.33. The van der Waals surface area contributed by atoms with Crippen molar-refractivity contribution in [1.29, 1.82) is 0 Å². The lowest BCUT2D eigenvalue weighted by Crippen LogP contribution is -2.41. The van der Waals surface area contributed by atoms with Crippen molar-refractivity contribution in [2.24, 2.45) is 11.8 Å². The summed E-state index contributed by atoms with van der Waals surface area (Å²) in [6.07, 6.45) is 9.39. The van der Waals surface area contributed by atoms with E-state index in [1.165, 1.54) is 38.5 Å². The molecule has 0 aromatic heterocycles. The standard InChI is InChI=1S/C22H32N2O2/c1-15-7-3-5-9-19(15)23-21(25)17-11-13-18(14-12-17)22(26)24-20-10-6-4-8-16(20)2/h11-16,19-20H,3-10H2,1-2H3,(H,23,25)(H,24,26)/t15-,16-,19+,20+/m1/s1. The second-order valence-corrected chi connectivity index (χ2v) is 8.26. The maximum atomic E-state index is 12.5. The van der Waals surface area contributed by atoms with Gasteiger partial charge in [-0.05, 0) is 61.8 Å². The number of carbonyl (C=O) groups excluding carboxylic acids is 2. The van der Waals surface area contributed by atoms with Crippen LogP contribution in [0.5, 0.6) is 0 Å². The Morgan fingerprint density at radius 2 is 1.04 bits per heavy atom. The first-order valence-electron chi connectivity index (χ1n) is 10.3. The number of amides is 2. The molecule has 142 valence electrons. The molecule has 0 unspecified atom stereocenters. The van der Waals surface area contributed by atoms with Crippen LogP contribution in [0.1, 0.15) is 85.9 Å². The summed E-state index contributed by atoms with van der Waals surface area (Å²) < 4.78 is 0. The van der Waals surface area contributed by atoms with Crippen LogP contribution in [0, 0.1) is 11.8 Å². The van der Waals surface area contributed by atoms with Crippen LogP contribution in [0.2, 0.25) is 0 Å². The molecule has 2 amide bonds. The quantitative estimate of drug-likeness (QED) is 0.845. The van der Waals surface area contributed by atoms with Crippen LogP contribution in [0.15, 0.2) is 24.3 Å². The molecule has 0 radical (unpaired) electrons. The predicted octanol–water partition coefficient (Wildman–Crippen LogP) is 4.30. The number of hydrogen-bond donors (Lipinski definition) is 2. The molecule has 0 spiro atoms. The zero-order valence-electron chi connectivity index (χ0n) is 16.1. The fraction of sp³-hybridized carbons (Fsp3) is 0.636. The van der Waals surface area contributed by atoms with Crippen LogP contribution in [0.3, 0.4) is 0 Å². The largest absolute Gasteiger partial charge is 0.349 e. The maximum Gasteiger partial charge on any atom is 0.251 e. The number of carbonyl (C=O) groups is 2. The Morgan fingerprint density at radius 3 is 1.38 bits per heavy atom. The molecule has 2 aliphatic carbocycles. The molecule has 4 nitrogen and oxygen atoms in total. The van der Waals surface area contributed by atoms with Gasteiger partial charge in [-0.2, -0.15) is 0 Å². The zero-order chi connectivity index (χ0) is 18.5. The highest BCUT2D eigenvalue weighted by Crippen LogP contribution is 2.25. The van der Waals surface area contributed by atoms with Gasteiger partial charge in [-0.25, -0.2) is 0 Å². The van der Waals surface area contributed by atoms with Crippen LogP contribution in [-0.2, 0) is 0 Å². The van der Waals surface area contributed by atoms with E-state index in [2.05, 4.69) is 24.5 Å². The molecule has 1 aromatic rings. The summed E-state index contributed by atoms with van der Waals surface area (Å²) in [5, 5.41) is 6.33. The van der Waals surface area contributed by atoms with Crippen LogP contribution in [0.25, 0.3) is 0 Å². The first-order valence-corrected chi connectivity index (χ1v) is 10.3. The molecule has 2 saturated carbocycles. The molecule has 26 heavy (non-hydrogen) atoms. The second-order valence-electron chi connectivity index (χ2n) is 8.26. The minimum atomic E-state index is -0.0309. The summed E-state index contributed by atoms with van der Waals surface area (Å²) in [7, 11) is 0. The lowest BCUT2D eigenvalue weighted by Gasteiger charge is -2.29. The fourth-order valence-electron chi connectivity index (χ4n) is 4.34. The topological polar surface area (TPSA) is 58.2 Å². The van der Waals surface area contributed by atoms with Crippen molar-refractivity contribution in [2.45, 2.75) is 77.3 Å². The first-order chi connectivity index (χ1) is 12.5. The molecule has 0 heterocycles. The van der Waals surface area contributed by atoms with E-state index in [0.717, 1.165) is 12.8 Å². The van der Waals surface area contributed by atoms with Gasteiger partial charge in [0.1, 0.15) is 0 Å². The highest BCUT2D eigenvalue weighted by molar-refractivity contribution is 5.98. The van der Waals surface area contributed by atoms with Gasteiger partial charge in [-0.3, -0.25) is 9.59 Å².